The Kier molecular flexibility index (Phi) is 3.81. The van der Waals surface area contributed by atoms with Crippen molar-refractivity contribution in [3.63, 3.8) is 0 Å². The number of nitrogens with one attached hydrogen (secondary N) is 1. The lowest BCUT2D eigenvalue weighted by molar-refractivity contribution is 0.602. The van der Waals surface area contributed by atoms with Gasteiger partial charge in [0.15, 0.2) is 0 Å². The maximum absolute atomic E-state index is 12.7. The Bertz CT molecular complexity index is 929. The van der Waals surface area contributed by atoms with Gasteiger partial charge in [0, 0.05) is 16.1 Å². The number of fused-ring (bicyclic) bond motifs is 1. The van der Waals surface area contributed by atoms with Gasteiger partial charge >= 0.3 is 0 Å². The summed E-state index contributed by atoms with van der Waals surface area (Å²) >= 11 is 6.20. The van der Waals surface area contributed by atoms with Gasteiger partial charge in [-0.05, 0) is 36.6 Å². The largest absolute Gasteiger partial charge is 0.280 e. The molecule has 0 aliphatic rings. The highest BCUT2D eigenvalue weighted by Crippen LogP contribution is 2.30. The topological polar surface area (TPSA) is 46.2 Å². The van der Waals surface area contributed by atoms with E-state index < -0.39 is 10.0 Å². The van der Waals surface area contributed by atoms with E-state index in [1.807, 2.05) is 31.2 Å². The quantitative estimate of drug-likeness (QED) is 0.762. The summed E-state index contributed by atoms with van der Waals surface area (Å²) in [5.74, 6) is 0. The van der Waals surface area contributed by atoms with Crippen molar-refractivity contribution in [1.82, 2.24) is 0 Å². The van der Waals surface area contributed by atoms with E-state index >= 15 is 0 Å². The summed E-state index contributed by atoms with van der Waals surface area (Å²) in [6.07, 6.45) is 0. The van der Waals surface area contributed by atoms with Crippen LogP contribution in [0.2, 0.25) is 5.02 Å². The molecule has 112 valence electrons. The van der Waals surface area contributed by atoms with Gasteiger partial charge in [0.05, 0.1) is 4.90 Å². The number of rotatable bonds is 3. The lowest BCUT2D eigenvalue weighted by Crippen LogP contribution is -2.13. The van der Waals surface area contributed by atoms with Crippen LogP contribution in [0, 0.1) is 6.92 Å². The van der Waals surface area contributed by atoms with E-state index in [4.69, 9.17) is 11.6 Å². The first-order valence-electron chi connectivity index (χ1n) is 6.74. The molecule has 1 N–H and O–H groups in total. The van der Waals surface area contributed by atoms with E-state index in [2.05, 4.69) is 4.72 Å². The van der Waals surface area contributed by atoms with Gasteiger partial charge in [0.25, 0.3) is 10.0 Å². The molecule has 0 fully saturated rings. The fourth-order valence-corrected chi connectivity index (χ4v) is 3.97. The van der Waals surface area contributed by atoms with E-state index in [1.54, 1.807) is 36.4 Å². The van der Waals surface area contributed by atoms with Gasteiger partial charge in [0.1, 0.15) is 0 Å². The summed E-state index contributed by atoms with van der Waals surface area (Å²) < 4.78 is 28.0. The van der Waals surface area contributed by atoms with Crippen molar-refractivity contribution in [2.75, 3.05) is 4.72 Å². The molecule has 3 aromatic rings. The Morgan fingerprint density at radius 2 is 1.55 bits per heavy atom. The van der Waals surface area contributed by atoms with Crippen LogP contribution in [0.1, 0.15) is 5.56 Å². The van der Waals surface area contributed by atoms with Gasteiger partial charge in [-0.2, -0.15) is 0 Å². The fourth-order valence-electron chi connectivity index (χ4n) is 2.32. The van der Waals surface area contributed by atoms with E-state index in [1.165, 1.54) is 0 Å². The van der Waals surface area contributed by atoms with Crippen LogP contribution in [-0.4, -0.2) is 8.42 Å². The zero-order valence-corrected chi connectivity index (χ0v) is 13.4. The molecule has 0 bridgehead atoms. The van der Waals surface area contributed by atoms with Crippen LogP contribution < -0.4 is 4.72 Å². The Morgan fingerprint density at radius 1 is 0.909 bits per heavy atom. The lowest BCUT2D eigenvalue weighted by Gasteiger charge is -2.11. The van der Waals surface area contributed by atoms with Crippen molar-refractivity contribution in [3.05, 3.63) is 71.2 Å². The van der Waals surface area contributed by atoms with Gasteiger partial charge in [-0.1, -0.05) is 53.6 Å². The average Bonchev–Trinajstić information content (AvgIpc) is 2.49. The summed E-state index contributed by atoms with van der Waals surface area (Å²) in [5.41, 5.74) is 1.59. The van der Waals surface area contributed by atoms with Crippen molar-refractivity contribution in [2.45, 2.75) is 11.8 Å². The zero-order valence-electron chi connectivity index (χ0n) is 11.9. The van der Waals surface area contributed by atoms with Gasteiger partial charge in [-0.15, -0.1) is 0 Å². The molecular formula is C17H14ClNO2S. The van der Waals surface area contributed by atoms with E-state index in [0.29, 0.717) is 16.1 Å². The third kappa shape index (κ3) is 2.80. The van der Waals surface area contributed by atoms with Gasteiger partial charge < -0.3 is 0 Å². The second kappa shape index (κ2) is 5.63. The fraction of sp³-hybridized carbons (Fsp3) is 0.0588. The molecule has 3 aromatic carbocycles. The summed E-state index contributed by atoms with van der Waals surface area (Å²) in [4.78, 5) is 0.177. The van der Waals surface area contributed by atoms with Crippen molar-refractivity contribution in [2.24, 2.45) is 0 Å². The highest BCUT2D eigenvalue weighted by molar-refractivity contribution is 7.93. The first-order chi connectivity index (χ1) is 10.5. The van der Waals surface area contributed by atoms with E-state index in [9.17, 15) is 8.42 Å². The monoisotopic (exact) mass is 331 g/mol. The van der Waals surface area contributed by atoms with Crippen LogP contribution >= 0.6 is 11.6 Å². The smallest absolute Gasteiger partial charge is 0.262 e. The maximum Gasteiger partial charge on any atom is 0.262 e. The number of hydrogen-bond donors (Lipinski definition) is 1. The minimum Gasteiger partial charge on any atom is -0.280 e. The molecule has 0 spiro atoms. The summed E-state index contributed by atoms with van der Waals surface area (Å²) in [6.45, 7) is 1.95. The maximum atomic E-state index is 12.7. The molecule has 0 atom stereocenters. The van der Waals surface area contributed by atoms with Gasteiger partial charge in [-0.3, -0.25) is 4.72 Å². The Balaban J connectivity index is 2.11. The van der Waals surface area contributed by atoms with Crippen LogP contribution in [0.5, 0.6) is 0 Å². The molecule has 0 radical (unpaired) electrons. The number of halogens is 1. The van der Waals surface area contributed by atoms with Crippen molar-refractivity contribution < 1.29 is 8.42 Å². The summed E-state index contributed by atoms with van der Waals surface area (Å²) in [7, 11) is -3.71. The van der Waals surface area contributed by atoms with Gasteiger partial charge in [-0.25, -0.2) is 8.42 Å². The number of aryl methyl sites for hydroxylation is 1. The standard InChI is InChI=1S/C17H14ClNO2S/c1-12-8-10-14(11-9-12)19-22(20,21)16-7-3-5-13-4-2-6-15(18)17(13)16/h2-11,19H,1H3. The third-order valence-electron chi connectivity index (χ3n) is 3.41. The van der Waals surface area contributed by atoms with Crippen molar-refractivity contribution >= 4 is 38.1 Å². The second-order valence-electron chi connectivity index (χ2n) is 5.07. The normalized spacial score (nSPS) is 11.5. The van der Waals surface area contributed by atoms with Crippen LogP contribution in [0.25, 0.3) is 10.8 Å². The molecule has 0 saturated carbocycles. The first kappa shape index (κ1) is 14.9. The minimum atomic E-state index is -3.71. The zero-order chi connectivity index (χ0) is 15.7. The molecule has 0 unspecified atom stereocenters. The Labute approximate surface area is 134 Å². The highest BCUT2D eigenvalue weighted by Gasteiger charge is 2.18. The average molecular weight is 332 g/mol. The molecule has 3 rings (SSSR count). The third-order valence-corrected chi connectivity index (χ3v) is 5.15. The summed E-state index contributed by atoms with van der Waals surface area (Å²) in [6, 6.07) is 17.6. The predicted octanol–water partition coefficient (Wildman–Crippen LogP) is 4.60. The SMILES string of the molecule is Cc1ccc(NS(=O)(=O)c2cccc3cccc(Cl)c23)cc1. The van der Waals surface area contributed by atoms with E-state index in [0.717, 1.165) is 10.9 Å². The molecule has 0 amide bonds. The summed E-state index contributed by atoms with van der Waals surface area (Å²) in [5, 5.41) is 1.74. The predicted molar refractivity (Wildman–Crippen MR) is 90.9 cm³/mol. The van der Waals surface area contributed by atoms with Crippen molar-refractivity contribution in [3.8, 4) is 0 Å². The molecule has 22 heavy (non-hydrogen) atoms. The highest BCUT2D eigenvalue weighted by atomic mass is 35.5. The molecule has 0 aliphatic carbocycles. The van der Waals surface area contributed by atoms with Crippen LogP contribution in [0.4, 0.5) is 5.69 Å². The molecular weight excluding hydrogens is 318 g/mol. The molecule has 5 heteroatoms. The molecule has 0 saturated heterocycles. The number of anilines is 1. The number of hydrogen-bond acceptors (Lipinski definition) is 2. The Morgan fingerprint density at radius 3 is 2.23 bits per heavy atom. The van der Waals surface area contributed by atoms with Crippen LogP contribution in [-0.2, 0) is 10.0 Å². The molecule has 0 heterocycles. The minimum absolute atomic E-state index is 0.177. The van der Waals surface area contributed by atoms with Crippen LogP contribution in [0.15, 0.2) is 65.6 Å². The molecule has 0 aromatic heterocycles. The Hall–Kier alpha value is -2.04. The number of benzene rings is 3. The molecule has 0 aliphatic heterocycles. The number of sulfonamides is 1. The van der Waals surface area contributed by atoms with Crippen molar-refractivity contribution in [1.29, 1.82) is 0 Å². The first-order valence-corrected chi connectivity index (χ1v) is 8.60. The van der Waals surface area contributed by atoms with Gasteiger partial charge in [0.2, 0.25) is 0 Å². The van der Waals surface area contributed by atoms with E-state index in [-0.39, 0.29) is 4.90 Å². The van der Waals surface area contributed by atoms with Crippen LogP contribution in [0.3, 0.4) is 0 Å². The molecule has 3 nitrogen and oxygen atoms in total. The second-order valence-corrected chi connectivity index (χ2v) is 7.12. The lowest BCUT2D eigenvalue weighted by atomic mass is 10.1.